The van der Waals surface area contributed by atoms with Crippen LogP contribution in [0, 0.1) is 0 Å². The molecule has 0 aliphatic heterocycles. The summed E-state index contributed by atoms with van der Waals surface area (Å²) >= 11 is 0. The van der Waals surface area contributed by atoms with E-state index < -0.39 is 0 Å². The fourth-order valence-electron chi connectivity index (χ4n) is 18.1. The van der Waals surface area contributed by atoms with E-state index in [1.165, 1.54) is 220 Å². The van der Waals surface area contributed by atoms with Crippen LogP contribution in [0.2, 0.25) is 0 Å². The van der Waals surface area contributed by atoms with Crippen molar-refractivity contribution in [3.63, 3.8) is 0 Å². The zero-order valence-electron chi connectivity index (χ0n) is 63.9. The highest BCUT2D eigenvalue weighted by Gasteiger charge is 2.22. The average molecular weight is 1470 g/mol. The summed E-state index contributed by atoms with van der Waals surface area (Å²) in [6, 6.07) is 169. The first-order chi connectivity index (χ1) is 57.5. The van der Waals surface area contributed by atoms with Gasteiger partial charge in [-0.1, -0.05) is 431 Å². The summed E-state index contributed by atoms with van der Waals surface area (Å²) in [5.74, 6) is 0. The number of rotatable bonds is 12. The van der Waals surface area contributed by atoms with Crippen molar-refractivity contribution in [2.75, 3.05) is 0 Å². The minimum atomic E-state index is 1.20. The molecular weight excluding hydrogens is 1390 g/mol. The molecule has 540 valence electrons. The zero-order valence-corrected chi connectivity index (χ0v) is 63.9. The van der Waals surface area contributed by atoms with Gasteiger partial charge in [0.1, 0.15) is 0 Å². The van der Waals surface area contributed by atoms with E-state index >= 15 is 0 Å². The fraction of sp³-hybridized carbons (Fsp3) is 0. The largest absolute Gasteiger partial charge is 0.0622 e. The molecule has 0 heterocycles. The van der Waals surface area contributed by atoms with Gasteiger partial charge in [-0.25, -0.2) is 0 Å². The predicted octanol–water partition coefficient (Wildman–Crippen LogP) is 32.6. The van der Waals surface area contributed by atoms with Gasteiger partial charge in [-0.15, -0.1) is 0 Å². The Labute approximate surface area is 676 Å². The minimum Gasteiger partial charge on any atom is -0.0622 e. The van der Waals surface area contributed by atoms with Crippen LogP contribution in [0.1, 0.15) is 0 Å². The van der Waals surface area contributed by atoms with Gasteiger partial charge in [0.15, 0.2) is 0 Å². The molecule has 0 aliphatic carbocycles. The molecule has 0 saturated heterocycles. The quantitative estimate of drug-likeness (QED) is 0.107. The van der Waals surface area contributed by atoms with Crippen LogP contribution in [-0.2, 0) is 0 Å². The van der Waals surface area contributed by atoms with Gasteiger partial charge in [-0.3, -0.25) is 0 Å². The van der Waals surface area contributed by atoms with Crippen molar-refractivity contribution >= 4 is 86.2 Å². The van der Waals surface area contributed by atoms with Crippen molar-refractivity contribution in [3.05, 3.63) is 461 Å². The lowest BCUT2D eigenvalue weighted by Gasteiger charge is -2.19. The normalized spacial score (nSPS) is 11.4. The molecule has 0 spiro atoms. The van der Waals surface area contributed by atoms with Crippen molar-refractivity contribution in [2.24, 2.45) is 0 Å². The number of benzene rings is 22. The second kappa shape index (κ2) is 29.9. The molecule has 0 saturated carbocycles. The molecule has 0 aliphatic rings. The van der Waals surface area contributed by atoms with E-state index in [-0.39, 0.29) is 0 Å². The molecular formula is C116H76. The fourth-order valence-corrected chi connectivity index (χ4v) is 18.1. The molecule has 0 bridgehead atoms. The summed E-state index contributed by atoms with van der Waals surface area (Å²) in [7, 11) is 0. The van der Waals surface area contributed by atoms with Gasteiger partial charge in [0.05, 0.1) is 0 Å². The Balaban J connectivity index is 0.000000145. The van der Waals surface area contributed by atoms with Crippen LogP contribution in [0.15, 0.2) is 461 Å². The zero-order chi connectivity index (χ0) is 76.8. The highest BCUT2D eigenvalue weighted by Crippen LogP contribution is 2.49. The Morgan fingerprint density at radius 2 is 0.302 bits per heavy atom. The predicted molar refractivity (Wildman–Crippen MR) is 498 cm³/mol. The Morgan fingerprint density at radius 3 is 0.681 bits per heavy atom. The molecule has 0 heteroatoms. The summed E-state index contributed by atoms with van der Waals surface area (Å²) in [6.07, 6.45) is 0. The molecule has 0 atom stereocenters. The van der Waals surface area contributed by atoms with E-state index in [0.29, 0.717) is 0 Å². The topological polar surface area (TPSA) is 0 Å². The second-order valence-electron chi connectivity index (χ2n) is 30.4. The molecule has 0 unspecified atom stereocenters. The number of hydrogen-bond acceptors (Lipinski definition) is 0. The molecule has 22 rings (SSSR count). The molecule has 0 nitrogen and oxygen atoms in total. The van der Waals surface area contributed by atoms with Crippen LogP contribution in [0.5, 0.6) is 0 Å². The lowest BCUT2D eigenvalue weighted by Crippen LogP contribution is -1.91. The van der Waals surface area contributed by atoms with Crippen molar-refractivity contribution < 1.29 is 0 Å². The van der Waals surface area contributed by atoms with E-state index in [1.54, 1.807) is 0 Å². The highest BCUT2D eigenvalue weighted by molar-refractivity contribution is 6.26. The maximum absolute atomic E-state index is 2.39. The van der Waals surface area contributed by atoms with E-state index in [9.17, 15) is 0 Å². The van der Waals surface area contributed by atoms with Crippen molar-refractivity contribution in [3.8, 4) is 134 Å². The summed E-state index contributed by atoms with van der Waals surface area (Å²) in [5.41, 5.74) is 29.7. The van der Waals surface area contributed by atoms with E-state index in [4.69, 9.17) is 0 Å². The SMILES string of the molecule is c1ccc(-c2ccc(-c3ccccc3-c3ccc(-c4ccc5ccc(-c6c7ccccc7c(-c7cccc8ccccc78)c7ccccc67)cc5c4)cc3)cc2)cc1.c1ccc(-c2cccc(-c3ccccc3-c3ccc(-c4ccc5ccc(-c6c7ccccc7c(-c7cccc8ccccc78)c7ccccc67)cc5c4)cc3)c2)cc1. The number of hydrogen-bond donors (Lipinski definition) is 0. The van der Waals surface area contributed by atoms with Crippen LogP contribution in [0.3, 0.4) is 0 Å². The lowest BCUT2D eigenvalue weighted by atomic mass is 9.84. The van der Waals surface area contributed by atoms with Crippen LogP contribution in [0.4, 0.5) is 0 Å². The smallest absolute Gasteiger partial charge is 0.00201 e. The summed E-state index contributed by atoms with van der Waals surface area (Å²) < 4.78 is 0. The first-order valence-corrected chi connectivity index (χ1v) is 40.2. The third kappa shape index (κ3) is 12.7. The molecule has 116 heavy (non-hydrogen) atoms. The van der Waals surface area contributed by atoms with Crippen LogP contribution in [0.25, 0.3) is 220 Å². The Morgan fingerprint density at radius 1 is 0.0862 bits per heavy atom. The van der Waals surface area contributed by atoms with Crippen LogP contribution < -0.4 is 0 Å². The Hall–Kier alpha value is -15.1. The summed E-state index contributed by atoms with van der Waals surface area (Å²) in [4.78, 5) is 0. The van der Waals surface area contributed by atoms with Gasteiger partial charge in [-0.05, 0) is 250 Å². The van der Waals surface area contributed by atoms with E-state index in [1.807, 2.05) is 0 Å². The van der Waals surface area contributed by atoms with Crippen LogP contribution >= 0.6 is 0 Å². The van der Waals surface area contributed by atoms with Gasteiger partial charge in [0, 0.05) is 0 Å². The second-order valence-corrected chi connectivity index (χ2v) is 30.4. The molecule has 0 radical (unpaired) electrons. The molecule has 0 N–H and O–H groups in total. The van der Waals surface area contributed by atoms with Crippen LogP contribution in [-0.4, -0.2) is 0 Å². The first kappa shape index (κ1) is 68.9. The first-order valence-electron chi connectivity index (χ1n) is 40.2. The van der Waals surface area contributed by atoms with Gasteiger partial charge < -0.3 is 0 Å². The summed E-state index contributed by atoms with van der Waals surface area (Å²) in [5, 5.41) is 20.1. The molecule has 0 amide bonds. The van der Waals surface area contributed by atoms with Gasteiger partial charge in [0.25, 0.3) is 0 Å². The standard InChI is InChI=1S/2C58H38/c1-2-14-39(15-3-1)44-18-12-19-46(36-44)51-22-7-6-20-49(51)43-32-28-40(29-33-43)45-34-30-41-31-35-47(38-48(41)37-45)57-53-23-8-10-25-55(53)58(56-26-11-9-24-54(56)57)52-27-13-17-42-16-4-5-21-50(42)52;1-2-13-39(14-3-1)40-25-31-44(32-26-40)49-17-6-7-18-50(49)45-33-27-41(28-34-45)46-35-29-42-30-36-47(38-48(42)37-46)57-53-20-8-10-22-55(53)58(56-23-11-9-21-54(56)57)52-24-12-16-43-15-4-5-19-51(43)52/h2*1-38H. The third-order valence-electron chi connectivity index (χ3n) is 23.7. The van der Waals surface area contributed by atoms with Gasteiger partial charge in [0.2, 0.25) is 0 Å². The molecule has 22 aromatic rings. The lowest BCUT2D eigenvalue weighted by molar-refractivity contribution is 1.56. The molecule has 0 aromatic heterocycles. The highest BCUT2D eigenvalue weighted by atomic mass is 14.3. The third-order valence-corrected chi connectivity index (χ3v) is 23.7. The molecule has 0 fully saturated rings. The van der Waals surface area contributed by atoms with Crippen molar-refractivity contribution in [2.45, 2.75) is 0 Å². The van der Waals surface area contributed by atoms with E-state index in [2.05, 4.69) is 461 Å². The van der Waals surface area contributed by atoms with Crippen molar-refractivity contribution in [1.82, 2.24) is 0 Å². The van der Waals surface area contributed by atoms with Gasteiger partial charge in [-0.2, -0.15) is 0 Å². The molecule has 22 aromatic carbocycles. The minimum absolute atomic E-state index is 1.20. The average Bonchev–Trinajstić information content (AvgIpc) is 0.731. The maximum atomic E-state index is 2.39. The Kier molecular flexibility index (Phi) is 17.7. The Bertz CT molecular complexity index is 7390. The summed E-state index contributed by atoms with van der Waals surface area (Å²) in [6.45, 7) is 0. The van der Waals surface area contributed by atoms with Gasteiger partial charge >= 0.3 is 0 Å². The van der Waals surface area contributed by atoms with Crippen molar-refractivity contribution in [1.29, 1.82) is 0 Å². The maximum Gasteiger partial charge on any atom is -0.00201 e. The monoisotopic (exact) mass is 1470 g/mol. The van der Waals surface area contributed by atoms with E-state index in [0.717, 1.165) is 0 Å². The number of fused-ring (bicyclic) bond motifs is 8.